The minimum Gasteiger partial charge on any atom is -0.455 e. The van der Waals surface area contributed by atoms with Crippen molar-refractivity contribution in [1.29, 1.82) is 0 Å². The van der Waals surface area contributed by atoms with Gasteiger partial charge in [0.1, 0.15) is 5.75 Å². The van der Waals surface area contributed by atoms with Gasteiger partial charge in [0.2, 0.25) is 0 Å². The number of hydrogen-bond donors (Lipinski definition) is 1. The van der Waals surface area contributed by atoms with Gasteiger partial charge < -0.3 is 10.1 Å². The van der Waals surface area contributed by atoms with Gasteiger partial charge in [0.15, 0.2) is 5.75 Å². The normalized spacial score (nSPS) is 10.4. The van der Waals surface area contributed by atoms with E-state index in [9.17, 15) is 4.79 Å². The Morgan fingerprint density at radius 1 is 0.733 bits per heavy atom. The topological polar surface area (TPSA) is 38.3 Å². The number of nitrogens with one attached hydrogen (secondary N) is 1. The van der Waals surface area contributed by atoms with Gasteiger partial charge in [0.05, 0.1) is 5.69 Å². The summed E-state index contributed by atoms with van der Waals surface area (Å²) in [4.78, 5) is 14.0. The fourth-order valence-corrected chi connectivity index (χ4v) is 3.78. The number of rotatable bonds is 7. The second-order valence-corrected chi connectivity index (χ2v) is 7.71. The maximum atomic E-state index is 12.7. The molecule has 4 aromatic rings. The van der Waals surface area contributed by atoms with E-state index in [1.807, 2.05) is 97.1 Å². The number of anilines is 1. The molecule has 0 fully saturated rings. The average Bonchev–Trinajstić information content (AvgIpc) is 2.81. The molecule has 3 nitrogen and oxygen atoms in total. The lowest BCUT2D eigenvalue weighted by molar-refractivity contribution is 0.102. The summed E-state index contributed by atoms with van der Waals surface area (Å²) in [5, 5.41) is 2.96. The van der Waals surface area contributed by atoms with Crippen molar-refractivity contribution in [2.24, 2.45) is 0 Å². The van der Waals surface area contributed by atoms with Crippen molar-refractivity contribution in [3.8, 4) is 11.5 Å². The minimum atomic E-state index is -0.165. The number of ether oxygens (including phenoxy) is 1. The highest BCUT2D eigenvalue weighted by atomic mass is 32.2. The molecule has 0 radical (unpaired) electrons. The Labute approximate surface area is 180 Å². The van der Waals surface area contributed by atoms with Crippen LogP contribution in [0.4, 0.5) is 5.69 Å². The third kappa shape index (κ3) is 5.31. The molecule has 4 rings (SSSR count). The Morgan fingerprint density at radius 2 is 1.37 bits per heavy atom. The van der Waals surface area contributed by atoms with Crippen molar-refractivity contribution in [1.82, 2.24) is 0 Å². The SMILES string of the molecule is O=C(Nc1ccccc1Oc1ccccc1)c1ccc(CSc2ccccc2)cc1. The molecule has 0 aliphatic carbocycles. The van der Waals surface area contributed by atoms with Crippen molar-refractivity contribution in [3.63, 3.8) is 0 Å². The monoisotopic (exact) mass is 411 g/mol. The predicted molar refractivity (Wildman–Crippen MR) is 123 cm³/mol. The van der Waals surface area contributed by atoms with Crippen LogP contribution in [0.5, 0.6) is 11.5 Å². The summed E-state index contributed by atoms with van der Waals surface area (Å²) in [5.74, 6) is 2.02. The summed E-state index contributed by atoms with van der Waals surface area (Å²) in [7, 11) is 0. The van der Waals surface area contributed by atoms with E-state index in [1.165, 1.54) is 10.5 Å². The van der Waals surface area contributed by atoms with Crippen LogP contribution in [0.15, 0.2) is 114 Å². The molecule has 0 atom stereocenters. The van der Waals surface area contributed by atoms with E-state index in [0.717, 1.165) is 11.5 Å². The van der Waals surface area contributed by atoms with Crippen LogP contribution in [-0.2, 0) is 5.75 Å². The molecule has 1 amide bonds. The first-order valence-electron chi connectivity index (χ1n) is 9.68. The molecule has 0 aromatic heterocycles. The lowest BCUT2D eigenvalue weighted by Crippen LogP contribution is -2.12. The molecule has 0 aliphatic rings. The fraction of sp³-hybridized carbons (Fsp3) is 0.0385. The number of benzene rings is 4. The van der Waals surface area contributed by atoms with E-state index in [2.05, 4.69) is 17.4 Å². The van der Waals surface area contributed by atoms with Crippen molar-refractivity contribution < 1.29 is 9.53 Å². The molecule has 0 spiro atoms. The molecular formula is C26H21NO2S. The zero-order valence-electron chi connectivity index (χ0n) is 16.3. The maximum Gasteiger partial charge on any atom is 0.255 e. The Morgan fingerprint density at radius 3 is 2.10 bits per heavy atom. The van der Waals surface area contributed by atoms with Crippen LogP contribution in [0.25, 0.3) is 0 Å². The van der Waals surface area contributed by atoms with E-state index >= 15 is 0 Å². The van der Waals surface area contributed by atoms with E-state index in [0.29, 0.717) is 17.0 Å². The number of para-hydroxylation sites is 3. The number of carbonyl (C=O) groups excluding carboxylic acids is 1. The van der Waals surface area contributed by atoms with E-state index in [4.69, 9.17) is 4.74 Å². The predicted octanol–water partition coefficient (Wildman–Crippen LogP) is 7.02. The van der Waals surface area contributed by atoms with Crippen LogP contribution in [-0.4, -0.2) is 5.91 Å². The van der Waals surface area contributed by atoms with Crippen molar-refractivity contribution in [2.75, 3.05) is 5.32 Å². The number of amides is 1. The number of carbonyl (C=O) groups is 1. The Bertz CT molecular complexity index is 1100. The van der Waals surface area contributed by atoms with Gasteiger partial charge in [0.25, 0.3) is 5.91 Å². The van der Waals surface area contributed by atoms with Crippen molar-refractivity contribution >= 4 is 23.4 Å². The van der Waals surface area contributed by atoms with Gasteiger partial charge in [-0.05, 0) is 54.1 Å². The van der Waals surface area contributed by atoms with Gasteiger partial charge in [-0.25, -0.2) is 0 Å². The third-order valence-corrected chi connectivity index (χ3v) is 5.55. The molecular weight excluding hydrogens is 390 g/mol. The van der Waals surface area contributed by atoms with E-state index in [1.54, 1.807) is 11.8 Å². The van der Waals surface area contributed by atoms with Gasteiger partial charge in [-0.2, -0.15) is 0 Å². The number of thioether (sulfide) groups is 1. The highest BCUT2D eigenvalue weighted by Crippen LogP contribution is 2.29. The summed E-state index contributed by atoms with van der Waals surface area (Å²) < 4.78 is 5.92. The lowest BCUT2D eigenvalue weighted by atomic mass is 10.1. The van der Waals surface area contributed by atoms with Crippen LogP contribution >= 0.6 is 11.8 Å². The van der Waals surface area contributed by atoms with Crippen molar-refractivity contribution in [2.45, 2.75) is 10.6 Å². The molecule has 1 N–H and O–H groups in total. The summed E-state index contributed by atoms with van der Waals surface area (Å²) in [6.07, 6.45) is 0. The Balaban J connectivity index is 1.40. The molecule has 0 heterocycles. The molecule has 0 saturated heterocycles. The summed E-state index contributed by atoms with van der Waals surface area (Å²) in [6.45, 7) is 0. The van der Waals surface area contributed by atoms with Gasteiger partial charge in [-0.1, -0.05) is 60.7 Å². The fourth-order valence-electron chi connectivity index (χ4n) is 2.90. The highest BCUT2D eigenvalue weighted by Gasteiger charge is 2.10. The standard InChI is InChI=1S/C26H21NO2S/c28-26(21-17-15-20(16-18-21)19-30-23-11-5-2-6-12-23)27-24-13-7-8-14-25(24)29-22-9-3-1-4-10-22/h1-18H,19H2,(H,27,28). The van der Waals surface area contributed by atoms with E-state index in [-0.39, 0.29) is 5.91 Å². The summed E-state index contributed by atoms with van der Waals surface area (Å²) in [6, 6.07) is 34.9. The second kappa shape index (κ2) is 9.81. The molecule has 4 heteroatoms. The van der Waals surface area contributed by atoms with Crippen molar-refractivity contribution in [3.05, 3.63) is 120 Å². The van der Waals surface area contributed by atoms with Gasteiger partial charge in [0, 0.05) is 16.2 Å². The zero-order valence-corrected chi connectivity index (χ0v) is 17.1. The van der Waals surface area contributed by atoms with Crippen LogP contribution in [0.3, 0.4) is 0 Å². The van der Waals surface area contributed by atoms with Gasteiger partial charge >= 0.3 is 0 Å². The Kier molecular flexibility index (Phi) is 6.47. The summed E-state index contributed by atoms with van der Waals surface area (Å²) >= 11 is 1.78. The molecule has 0 saturated carbocycles. The lowest BCUT2D eigenvalue weighted by Gasteiger charge is -2.12. The highest BCUT2D eigenvalue weighted by molar-refractivity contribution is 7.98. The third-order valence-electron chi connectivity index (χ3n) is 4.47. The first-order chi connectivity index (χ1) is 14.8. The smallest absolute Gasteiger partial charge is 0.255 e. The largest absolute Gasteiger partial charge is 0.455 e. The maximum absolute atomic E-state index is 12.7. The zero-order chi connectivity index (χ0) is 20.6. The first-order valence-corrected chi connectivity index (χ1v) is 10.7. The van der Waals surface area contributed by atoms with Gasteiger partial charge in [-0.3, -0.25) is 4.79 Å². The quantitative estimate of drug-likeness (QED) is 0.332. The van der Waals surface area contributed by atoms with E-state index < -0.39 is 0 Å². The molecule has 0 unspecified atom stereocenters. The summed E-state index contributed by atoms with van der Waals surface area (Å²) in [5.41, 5.74) is 2.42. The molecule has 148 valence electrons. The second-order valence-electron chi connectivity index (χ2n) is 6.66. The average molecular weight is 412 g/mol. The van der Waals surface area contributed by atoms with Crippen LogP contribution in [0.1, 0.15) is 15.9 Å². The Hall–Kier alpha value is -3.50. The molecule has 0 bridgehead atoms. The molecule has 30 heavy (non-hydrogen) atoms. The van der Waals surface area contributed by atoms with Crippen LogP contribution in [0, 0.1) is 0 Å². The molecule has 0 aliphatic heterocycles. The number of hydrogen-bond acceptors (Lipinski definition) is 3. The van der Waals surface area contributed by atoms with Gasteiger partial charge in [-0.15, -0.1) is 11.8 Å². The van der Waals surface area contributed by atoms with Crippen LogP contribution < -0.4 is 10.1 Å². The minimum absolute atomic E-state index is 0.165. The first kappa shape index (κ1) is 19.8. The molecule has 4 aromatic carbocycles. The van der Waals surface area contributed by atoms with Crippen LogP contribution in [0.2, 0.25) is 0 Å².